The first-order valence-corrected chi connectivity index (χ1v) is 8.63. The van der Waals surface area contributed by atoms with E-state index in [9.17, 15) is 4.79 Å². The molecule has 0 saturated heterocycles. The van der Waals surface area contributed by atoms with Gasteiger partial charge in [0.15, 0.2) is 0 Å². The summed E-state index contributed by atoms with van der Waals surface area (Å²) < 4.78 is 5.92. The molecule has 0 atom stereocenters. The summed E-state index contributed by atoms with van der Waals surface area (Å²) in [4.78, 5) is 16.6. The Balaban J connectivity index is 1.50. The maximum absolute atomic E-state index is 12.3. The van der Waals surface area contributed by atoms with Crippen LogP contribution in [0, 0.1) is 0 Å². The smallest absolute Gasteiger partial charge is 0.147 e. The Morgan fingerprint density at radius 2 is 2.04 bits per heavy atom. The van der Waals surface area contributed by atoms with Crippen molar-refractivity contribution < 1.29 is 9.21 Å². The minimum absolute atomic E-state index is 0.319. The molecule has 0 unspecified atom stereocenters. The lowest BCUT2D eigenvalue weighted by molar-refractivity contribution is -0.120. The van der Waals surface area contributed by atoms with Crippen LogP contribution in [0.15, 0.2) is 40.8 Å². The van der Waals surface area contributed by atoms with Gasteiger partial charge in [-0.05, 0) is 32.1 Å². The van der Waals surface area contributed by atoms with Gasteiger partial charge in [-0.15, -0.1) is 0 Å². The summed E-state index contributed by atoms with van der Waals surface area (Å²) >= 11 is 0. The first-order valence-electron chi connectivity index (χ1n) is 8.63. The van der Waals surface area contributed by atoms with Crippen LogP contribution >= 0.6 is 0 Å². The van der Waals surface area contributed by atoms with E-state index in [1.54, 1.807) is 0 Å². The number of furan rings is 1. The van der Waals surface area contributed by atoms with Crippen LogP contribution in [0.3, 0.4) is 0 Å². The summed E-state index contributed by atoms with van der Waals surface area (Å²) in [5.74, 6) is 2.43. The van der Waals surface area contributed by atoms with Crippen molar-refractivity contribution >= 4 is 5.78 Å². The zero-order chi connectivity index (χ0) is 16.9. The van der Waals surface area contributed by atoms with Crippen LogP contribution in [0.1, 0.15) is 29.1 Å². The Hall–Kier alpha value is -1.91. The van der Waals surface area contributed by atoms with Gasteiger partial charge in [0.25, 0.3) is 0 Å². The first kappa shape index (κ1) is 16.9. The zero-order valence-corrected chi connectivity index (χ0v) is 14.6. The van der Waals surface area contributed by atoms with Crippen LogP contribution in [0.2, 0.25) is 0 Å². The van der Waals surface area contributed by atoms with Gasteiger partial charge < -0.3 is 9.32 Å². The highest BCUT2D eigenvalue weighted by Gasteiger charge is 2.22. The average Bonchev–Trinajstić information content (AvgIpc) is 2.94. The number of rotatable bonds is 7. The molecule has 0 spiro atoms. The van der Waals surface area contributed by atoms with Crippen molar-refractivity contribution in [1.29, 1.82) is 0 Å². The maximum atomic E-state index is 12.3. The fourth-order valence-electron chi connectivity index (χ4n) is 3.23. The molecule has 0 N–H and O–H groups in total. The average molecular weight is 326 g/mol. The van der Waals surface area contributed by atoms with E-state index >= 15 is 0 Å². The quantitative estimate of drug-likeness (QED) is 0.784. The predicted molar refractivity (Wildman–Crippen MR) is 94.9 cm³/mol. The van der Waals surface area contributed by atoms with Gasteiger partial charge in [0.05, 0.1) is 13.1 Å². The molecule has 0 bridgehead atoms. The molecule has 1 aromatic carbocycles. The SMILES string of the molecule is CN(C)Cc1cc2c(o1)CCN(CC(=O)CCc1ccccc1)C2. The van der Waals surface area contributed by atoms with Crippen molar-refractivity contribution in [3.05, 3.63) is 59.0 Å². The van der Waals surface area contributed by atoms with Crippen molar-refractivity contribution in [3.8, 4) is 0 Å². The molecule has 0 amide bonds. The molecule has 4 nitrogen and oxygen atoms in total. The van der Waals surface area contributed by atoms with E-state index in [1.165, 1.54) is 11.1 Å². The van der Waals surface area contributed by atoms with Crippen molar-refractivity contribution in [2.75, 3.05) is 27.2 Å². The molecular formula is C20H26N2O2. The van der Waals surface area contributed by atoms with Crippen LogP contribution in [0.5, 0.6) is 0 Å². The molecule has 24 heavy (non-hydrogen) atoms. The van der Waals surface area contributed by atoms with E-state index in [1.807, 2.05) is 32.3 Å². The maximum Gasteiger partial charge on any atom is 0.147 e. The van der Waals surface area contributed by atoms with Gasteiger partial charge in [0.1, 0.15) is 17.3 Å². The predicted octanol–water partition coefficient (Wildman–Crippen LogP) is 2.90. The van der Waals surface area contributed by atoms with E-state index in [2.05, 4.69) is 28.0 Å². The van der Waals surface area contributed by atoms with Gasteiger partial charge in [-0.1, -0.05) is 30.3 Å². The summed E-state index contributed by atoms with van der Waals surface area (Å²) in [7, 11) is 4.08. The lowest BCUT2D eigenvalue weighted by atomic mass is 10.1. The lowest BCUT2D eigenvalue weighted by Gasteiger charge is -2.25. The normalized spacial score (nSPS) is 14.8. The third-order valence-corrected chi connectivity index (χ3v) is 4.40. The van der Waals surface area contributed by atoms with E-state index < -0.39 is 0 Å². The van der Waals surface area contributed by atoms with Crippen LogP contribution in [0.4, 0.5) is 0 Å². The van der Waals surface area contributed by atoms with E-state index in [4.69, 9.17) is 4.42 Å². The molecule has 3 rings (SSSR count). The van der Waals surface area contributed by atoms with E-state index in [0.717, 1.165) is 44.0 Å². The number of hydrogen-bond donors (Lipinski definition) is 0. The number of hydrogen-bond acceptors (Lipinski definition) is 4. The molecule has 1 aliphatic heterocycles. The molecular weight excluding hydrogens is 300 g/mol. The number of benzene rings is 1. The molecule has 0 radical (unpaired) electrons. The van der Waals surface area contributed by atoms with E-state index in [0.29, 0.717) is 18.7 Å². The Morgan fingerprint density at radius 1 is 1.25 bits per heavy atom. The monoisotopic (exact) mass is 326 g/mol. The van der Waals surface area contributed by atoms with Crippen LogP contribution in [0.25, 0.3) is 0 Å². The van der Waals surface area contributed by atoms with Gasteiger partial charge in [-0.2, -0.15) is 0 Å². The number of Topliss-reactive ketones (excluding diaryl/α,β-unsaturated/α-hetero) is 1. The molecule has 2 heterocycles. The third kappa shape index (κ3) is 4.56. The van der Waals surface area contributed by atoms with Gasteiger partial charge in [-0.25, -0.2) is 0 Å². The summed E-state index contributed by atoms with van der Waals surface area (Å²) in [5, 5.41) is 0. The van der Waals surface area contributed by atoms with Crippen LogP contribution in [-0.4, -0.2) is 42.8 Å². The Bertz CT molecular complexity index is 676. The highest BCUT2D eigenvalue weighted by Crippen LogP contribution is 2.23. The van der Waals surface area contributed by atoms with Crippen LogP contribution in [-0.2, 0) is 30.7 Å². The van der Waals surface area contributed by atoms with Gasteiger partial charge in [0, 0.05) is 31.5 Å². The fraction of sp³-hybridized carbons (Fsp3) is 0.450. The largest absolute Gasteiger partial charge is 0.464 e. The Kier molecular flexibility index (Phi) is 5.48. The third-order valence-electron chi connectivity index (χ3n) is 4.40. The Morgan fingerprint density at radius 3 is 2.79 bits per heavy atom. The topological polar surface area (TPSA) is 36.7 Å². The lowest BCUT2D eigenvalue weighted by Crippen LogP contribution is -2.34. The van der Waals surface area contributed by atoms with Crippen molar-refractivity contribution in [2.24, 2.45) is 0 Å². The second-order valence-corrected chi connectivity index (χ2v) is 6.88. The van der Waals surface area contributed by atoms with Gasteiger partial charge in [-0.3, -0.25) is 9.69 Å². The van der Waals surface area contributed by atoms with Crippen molar-refractivity contribution in [1.82, 2.24) is 9.80 Å². The number of aryl methyl sites for hydroxylation is 1. The van der Waals surface area contributed by atoms with Gasteiger partial charge >= 0.3 is 0 Å². The molecule has 0 saturated carbocycles. The molecule has 4 heteroatoms. The molecule has 1 aromatic heterocycles. The van der Waals surface area contributed by atoms with Crippen molar-refractivity contribution in [2.45, 2.75) is 32.4 Å². The number of fused-ring (bicyclic) bond motifs is 1. The summed E-state index contributed by atoms with van der Waals surface area (Å²) in [5.41, 5.74) is 2.48. The number of carbonyl (C=O) groups excluding carboxylic acids is 1. The summed E-state index contributed by atoms with van der Waals surface area (Å²) in [6, 6.07) is 12.4. The van der Waals surface area contributed by atoms with Crippen molar-refractivity contribution in [3.63, 3.8) is 0 Å². The molecule has 0 aliphatic carbocycles. The fourth-order valence-corrected chi connectivity index (χ4v) is 3.23. The molecule has 0 fully saturated rings. The van der Waals surface area contributed by atoms with Gasteiger partial charge in [0.2, 0.25) is 0 Å². The van der Waals surface area contributed by atoms with E-state index in [-0.39, 0.29) is 0 Å². The second-order valence-electron chi connectivity index (χ2n) is 6.88. The highest BCUT2D eigenvalue weighted by atomic mass is 16.3. The van der Waals surface area contributed by atoms with Crippen LogP contribution < -0.4 is 0 Å². The minimum Gasteiger partial charge on any atom is -0.464 e. The Labute approximate surface area is 144 Å². The minimum atomic E-state index is 0.319. The molecule has 2 aromatic rings. The molecule has 128 valence electrons. The zero-order valence-electron chi connectivity index (χ0n) is 14.6. The second kappa shape index (κ2) is 7.77. The number of carbonyl (C=O) groups is 1. The number of ketones is 1. The standard InChI is InChI=1S/C20H26N2O2/c1-21(2)15-19-12-17-13-22(11-10-20(17)24-19)14-18(23)9-8-16-6-4-3-5-7-16/h3-7,12H,8-11,13-15H2,1-2H3. The number of nitrogens with zero attached hydrogens (tertiary/aromatic N) is 2. The highest BCUT2D eigenvalue weighted by molar-refractivity contribution is 5.80. The summed E-state index contributed by atoms with van der Waals surface area (Å²) in [6.07, 6.45) is 2.34. The first-order chi connectivity index (χ1) is 11.6. The summed E-state index contributed by atoms with van der Waals surface area (Å²) in [6.45, 7) is 3.09. The molecule has 1 aliphatic rings.